The van der Waals surface area contributed by atoms with Gasteiger partial charge in [0.25, 0.3) is 0 Å². The molecule has 0 bridgehead atoms. The summed E-state index contributed by atoms with van der Waals surface area (Å²) >= 11 is 1.81. The number of hydrogen-bond donors (Lipinski definition) is 1. The van der Waals surface area contributed by atoms with Crippen LogP contribution < -0.4 is 0 Å². The number of hydrogen-bond acceptors (Lipinski definition) is 3. The molecule has 1 fully saturated rings. The maximum absolute atomic E-state index is 12.4. The van der Waals surface area contributed by atoms with Crippen molar-refractivity contribution >= 4 is 17.5 Å². The Morgan fingerprint density at radius 3 is 2.46 bits per heavy atom. The number of rotatable bonds is 13. The number of carbonyl (C=O) groups excluding carboxylic acids is 1. The quantitative estimate of drug-likeness (QED) is 0.336. The Balaban J connectivity index is 2.52. The highest BCUT2D eigenvalue weighted by atomic mass is 32.2. The number of allylic oxidation sites excluding steroid dienone is 1. The van der Waals surface area contributed by atoms with Crippen LogP contribution in [0.2, 0.25) is 0 Å². The van der Waals surface area contributed by atoms with Crippen molar-refractivity contribution in [1.82, 2.24) is 0 Å². The molecule has 2 nitrogen and oxygen atoms in total. The lowest BCUT2D eigenvalue weighted by Crippen LogP contribution is -2.18. The fourth-order valence-electron chi connectivity index (χ4n) is 3.74. The summed E-state index contributed by atoms with van der Waals surface area (Å²) in [6.07, 6.45) is 18.2. The minimum atomic E-state index is -0.347. The van der Waals surface area contributed by atoms with Gasteiger partial charge in [0.2, 0.25) is 0 Å². The van der Waals surface area contributed by atoms with Crippen LogP contribution in [0.3, 0.4) is 0 Å². The van der Waals surface area contributed by atoms with Crippen LogP contribution in [0.1, 0.15) is 84.5 Å². The predicted octanol–water partition coefficient (Wildman–Crippen LogP) is 5.78. The van der Waals surface area contributed by atoms with Gasteiger partial charge in [-0.2, -0.15) is 11.8 Å². The molecule has 3 unspecified atom stereocenters. The molecule has 0 aromatic carbocycles. The Hall–Kier alpha value is -0.280. The molecule has 4 atom stereocenters. The minimum Gasteiger partial charge on any atom is -0.389 e. The molecule has 0 aliphatic heterocycles. The molecule has 1 saturated carbocycles. The SMILES string of the molecule is CCCCCCCC1C(=O)CC(SC)C1/C=C/[C@@H](O)CCCCC. The van der Waals surface area contributed by atoms with E-state index in [9.17, 15) is 9.90 Å². The van der Waals surface area contributed by atoms with Gasteiger partial charge in [0, 0.05) is 17.6 Å². The molecule has 1 aliphatic rings. The molecule has 0 saturated heterocycles. The molecular formula is C21H38O2S. The monoisotopic (exact) mass is 354 g/mol. The molecule has 0 spiro atoms. The molecule has 140 valence electrons. The predicted molar refractivity (Wildman–Crippen MR) is 107 cm³/mol. The summed E-state index contributed by atoms with van der Waals surface area (Å²) in [5.41, 5.74) is 0. The Kier molecular flexibility index (Phi) is 11.8. The first-order chi connectivity index (χ1) is 11.6. The van der Waals surface area contributed by atoms with Crippen molar-refractivity contribution in [2.75, 3.05) is 6.26 Å². The summed E-state index contributed by atoms with van der Waals surface area (Å²) in [6, 6.07) is 0. The Morgan fingerprint density at radius 2 is 1.79 bits per heavy atom. The van der Waals surface area contributed by atoms with Crippen molar-refractivity contribution in [2.45, 2.75) is 95.8 Å². The van der Waals surface area contributed by atoms with E-state index in [1.165, 1.54) is 44.9 Å². The van der Waals surface area contributed by atoms with Crippen LogP contribution in [0, 0.1) is 11.8 Å². The van der Waals surface area contributed by atoms with Gasteiger partial charge in [-0.25, -0.2) is 0 Å². The van der Waals surface area contributed by atoms with Gasteiger partial charge in [-0.3, -0.25) is 4.79 Å². The summed E-state index contributed by atoms with van der Waals surface area (Å²) < 4.78 is 0. The van der Waals surface area contributed by atoms with Crippen molar-refractivity contribution in [3.8, 4) is 0 Å². The van der Waals surface area contributed by atoms with Gasteiger partial charge in [0.1, 0.15) is 5.78 Å². The third-order valence-corrected chi connectivity index (χ3v) is 6.38. The topological polar surface area (TPSA) is 37.3 Å². The molecule has 0 radical (unpaired) electrons. The fraction of sp³-hybridized carbons (Fsp3) is 0.857. The van der Waals surface area contributed by atoms with Crippen molar-refractivity contribution in [3.63, 3.8) is 0 Å². The Morgan fingerprint density at radius 1 is 1.12 bits per heavy atom. The van der Waals surface area contributed by atoms with Crippen LogP contribution in [0.4, 0.5) is 0 Å². The normalized spacial score (nSPS) is 25.7. The first-order valence-electron chi connectivity index (χ1n) is 10.1. The van der Waals surface area contributed by atoms with Crippen molar-refractivity contribution in [2.24, 2.45) is 11.8 Å². The lowest BCUT2D eigenvalue weighted by Gasteiger charge is -2.20. The Labute approximate surface area is 153 Å². The van der Waals surface area contributed by atoms with E-state index >= 15 is 0 Å². The highest BCUT2D eigenvalue weighted by Gasteiger charge is 2.39. The van der Waals surface area contributed by atoms with Gasteiger partial charge in [-0.1, -0.05) is 77.4 Å². The van der Waals surface area contributed by atoms with Crippen molar-refractivity contribution in [3.05, 3.63) is 12.2 Å². The summed E-state index contributed by atoms with van der Waals surface area (Å²) in [6.45, 7) is 4.41. The minimum absolute atomic E-state index is 0.183. The summed E-state index contributed by atoms with van der Waals surface area (Å²) in [7, 11) is 0. The number of aliphatic hydroxyl groups is 1. The van der Waals surface area contributed by atoms with Crippen LogP contribution in [0.5, 0.6) is 0 Å². The zero-order valence-corrected chi connectivity index (χ0v) is 16.8. The second-order valence-electron chi connectivity index (χ2n) is 7.28. The van der Waals surface area contributed by atoms with E-state index in [1.807, 2.05) is 17.8 Å². The first-order valence-corrected chi connectivity index (χ1v) is 11.3. The number of Topliss-reactive ketones (excluding diaryl/α,β-unsaturated/α-hetero) is 1. The van der Waals surface area contributed by atoms with Gasteiger partial charge < -0.3 is 5.11 Å². The van der Waals surface area contributed by atoms with Crippen LogP contribution in [-0.4, -0.2) is 28.5 Å². The summed E-state index contributed by atoms with van der Waals surface area (Å²) in [5.74, 6) is 0.947. The van der Waals surface area contributed by atoms with E-state index in [0.29, 0.717) is 23.4 Å². The van der Waals surface area contributed by atoms with Crippen LogP contribution in [0.15, 0.2) is 12.2 Å². The van der Waals surface area contributed by atoms with Crippen LogP contribution in [0.25, 0.3) is 0 Å². The standard InChI is InChI=1S/C21H38O2S/c1-4-6-8-9-11-13-18-19(21(24-3)16-20(18)23)15-14-17(22)12-10-7-5-2/h14-15,17-19,21-22H,4-13,16H2,1-3H3/b15-14+/t17-,18?,19?,21?/m0/s1. The molecule has 1 aliphatic carbocycles. The van der Waals surface area contributed by atoms with Gasteiger partial charge in [0.05, 0.1) is 6.10 Å². The van der Waals surface area contributed by atoms with Crippen molar-refractivity contribution < 1.29 is 9.90 Å². The van der Waals surface area contributed by atoms with E-state index in [2.05, 4.69) is 26.2 Å². The third kappa shape index (κ3) is 7.74. The van der Waals surface area contributed by atoms with E-state index in [-0.39, 0.29) is 12.0 Å². The molecule has 0 heterocycles. The average Bonchev–Trinajstić information content (AvgIpc) is 2.88. The summed E-state index contributed by atoms with van der Waals surface area (Å²) in [5, 5.41) is 10.5. The van der Waals surface area contributed by atoms with Crippen LogP contribution >= 0.6 is 11.8 Å². The zero-order valence-electron chi connectivity index (χ0n) is 16.0. The van der Waals surface area contributed by atoms with Gasteiger partial charge in [0.15, 0.2) is 0 Å². The summed E-state index contributed by atoms with van der Waals surface area (Å²) in [4.78, 5) is 12.4. The maximum atomic E-state index is 12.4. The molecule has 1 N–H and O–H groups in total. The van der Waals surface area contributed by atoms with Gasteiger partial charge in [-0.05, 0) is 25.0 Å². The number of unbranched alkanes of at least 4 members (excludes halogenated alkanes) is 6. The average molecular weight is 355 g/mol. The second-order valence-corrected chi connectivity index (χ2v) is 8.36. The zero-order chi connectivity index (χ0) is 17.8. The number of aliphatic hydroxyl groups excluding tert-OH is 1. The molecular weight excluding hydrogens is 316 g/mol. The molecule has 0 aromatic rings. The van der Waals surface area contributed by atoms with E-state index < -0.39 is 0 Å². The first kappa shape index (κ1) is 21.8. The second kappa shape index (κ2) is 13.0. The third-order valence-electron chi connectivity index (χ3n) is 5.29. The largest absolute Gasteiger partial charge is 0.389 e. The fourth-order valence-corrected chi connectivity index (χ4v) is 4.66. The van der Waals surface area contributed by atoms with Gasteiger partial charge >= 0.3 is 0 Å². The lowest BCUT2D eigenvalue weighted by atomic mass is 9.89. The molecule has 0 amide bonds. The van der Waals surface area contributed by atoms with Gasteiger partial charge in [-0.15, -0.1) is 0 Å². The van der Waals surface area contributed by atoms with E-state index in [0.717, 1.165) is 19.3 Å². The van der Waals surface area contributed by atoms with E-state index in [1.54, 1.807) is 0 Å². The van der Waals surface area contributed by atoms with Crippen LogP contribution in [-0.2, 0) is 4.79 Å². The Bertz CT molecular complexity index is 367. The smallest absolute Gasteiger partial charge is 0.137 e. The molecule has 1 rings (SSSR count). The van der Waals surface area contributed by atoms with E-state index in [4.69, 9.17) is 0 Å². The number of carbonyl (C=O) groups is 1. The molecule has 24 heavy (non-hydrogen) atoms. The number of ketones is 1. The molecule has 3 heteroatoms. The highest BCUT2D eigenvalue weighted by Crippen LogP contribution is 2.40. The maximum Gasteiger partial charge on any atom is 0.137 e. The lowest BCUT2D eigenvalue weighted by molar-refractivity contribution is -0.121. The highest BCUT2D eigenvalue weighted by molar-refractivity contribution is 7.99. The van der Waals surface area contributed by atoms with Crippen molar-refractivity contribution in [1.29, 1.82) is 0 Å². The number of thioether (sulfide) groups is 1. The molecule has 0 aromatic heterocycles.